The molecule has 0 radical (unpaired) electrons. The number of rotatable bonds is 10. The van der Waals surface area contributed by atoms with E-state index < -0.39 is 12.0 Å². The Balaban J connectivity index is 3.64. The van der Waals surface area contributed by atoms with Crippen molar-refractivity contribution in [3.63, 3.8) is 0 Å². The molecule has 8 heteroatoms. The highest BCUT2D eigenvalue weighted by Gasteiger charge is 2.16. The molecule has 1 atom stereocenters. The predicted octanol–water partition coefficient (Wildman–Crippen LogP) is -1.29. The summed E-state index contributed by atoms with van der Waals surface area (Å²) in [6.07, 6.45) is 1.20. The molecule has 0 saturated carbocycles. The van der Waals surface area contributed by atoms with Crippen molar-refractivity contribution in [2.75, 3.05) is 25.4 Å². The van der Waals surface area contributed by atoms with E-state index in [0.29, 0.717) is 18.8 Å². The van der Waals surface area contributed by atoms with Crippen molar-refractivity contribution in [1.82, 2.24) is 5.32 Å². The van der Waals surface area contributed by atoms with Gasteiger partial charge in [0.15, 0.2) is 0 Å². The largest absolute Gasteiger partial charge is 0.464 e. The number of esters is 1. The number of nitrogens with two attached hydrogens (primary N) is 3. The molecule has 0 heterocycles. The second kappa shape index (κ2) is 11.3. The maximum absolute atomic E-state index is 11.3. The van der Waals surface area contributed by atoms with Crippen LogP contribution in [0.2, 0.25) is 0 Å². The normalized spacial score (nSPS) is 11.9. The minimum atomic E-state index is -0.770. The molecule has 0 aliphatic rings. The van der Waals surface area contributed by atoms with Gasteiger partial charge < -0.3 is 21.5 Å². The summed E-state index contributed by atoms with van der Waals surface area (Å²) in [6, 6.07) is -0.770. The van der Waals surface area contributed by atoms with E-state index in [1.165, 1.54) is 0 Å². The zero-order valence-corrected chi connectivity index (χ0v) is 11.2. The molecule has 1 amide bonds. The van der Waals surface area contributed by atoms with Gasteiger partial charge in [-0.3, -0.25) is 14.7 Å². The SMILES string of the molecule is NCCCNC(=O)CC[C@H](N)C(=O)OCCSN. The molecule has 0 rings (SSSR count). The number of hydrogen-bond donors (Lipinski definition) is 4. The first-order valence-corrected chi connectivity index (χ1v) is 6.87. The van der Waals surface area contributed by atoms with Crippen LogP contribution in [0.5, 0.6) is 0 Å². The Morgan fingerprint density at radius 2 is 2.11 bits per heavy atom. The molecule has 7 nitrogen and oxygen atoms in total. The van der Waals surface area contributed by atoms with Crippen LogP contribution < -0.4 is 21.9 Å². The molecule has 106 valence electrons. The highest BCUT2D eigenvalue weighted by molar-refractivity contribution is 7.97. The number of ether oxygens (including phenoxy) is 1. The minimum Gasteiger partial charge on any atom is -0.464 e. The van der Waals surface area contributed by atoms with Crippen LogP contribution >= 0.6 is 11.9 Å². The Morgan fingerprint density at radius 1 is 1.39 bits per heavy atom. The molecule has 7 N–H and O–H groups in total. The third kappa shape index (κ3) is 9.23. The van der Waals surface area contributed by atoms with Crippen molar-refractivity contribution >= 4 is 23.8 Å². The van der Waals surface area contributed by atoms with Crippen LogP contribution in [0, 0.1) is 0 Å². The zero-order chi connectivity index (χ0) is 13.8. The van der Waals surface area contributed by atoms with E-state index in [1.807, 2.05) is 0 Å². The van der Waals surface area contributed by atoms with E-state index >= 15 is 0 Å². The molecule has 0 aromatic carbocycles. The highest BCUT2D eigenvalue weighted by atomic mass is 32.2. The number of hydrogen-bond acceptors (Lipinski definition) is 7. The molecule has 0 bridgehead atoms. The molecular formula is C10H22N4O3S. The quantitative estimate of drug-likeness (QED) is 0.222. The smallest absolute Gasteiger partial charge is 0.322 e. The van der Waals surface area contributed by atoms with E-state index in [0.717, 1.165) is 18.4 Å². The van der Waals surface area contributed by atoms with Crippen molar-refractivity contribution in [1.29, 1.82) is 0 Å². The molecular weight excluding hydrogens is 256 g/mol. The van der Waals surface area contributed by atoms with Crippen molar-refractivity contribution in [3.8, 4) is 0 Å². The Morgan fingerprint density at radius 3 is 2.72 bits per heavy atom. The third-order valence-corrected chi connectivity index (χ3v) is 2.54. The first-order chi connectivity index (χ1) is 8.61. The van der Waals surface area contributed by atoms with Crippen LogP contribution in [-0.2, 0) is 14.3 Å². The molecule has 0 spiro atoms. The fraction of sp³-hybridized carbons (Fsp3) is 0.800. The van der Waals surface area contributed by atoms with Crippen molar-refractivity contribution in [3.05, 3.63) is 0 Å². The van der Waals surface area contributed by atoms with Gasteiger partial charge in [0.1, 0.15) is 12.6 Å². The Kier molecular flexibility index (Phi) is 10.8. The van der Waals surface area contributed by atoms with E-state index in [-0.39, 0.29) is 25.4 Å². The average molecular weight is 278 g/mol. The lowest BCUT2D eigenvalue weighted by atomic mass is 10.1. The molecule has 0 aliphatic carbocycles. The van der Waals surface area contributed by atoms with Crippen molar-refractivity contribution in [2.24, 2.45) is 16.6 Å². The van der Waals surface area contributed by atoms with Gasteiger partial charge in [0.2, 0.25) is 5.91 Å². The average Bonchev–Trinajstić information content (AvgIpc) is 2.36. The lowest BCUT2D eigenvalue weighted by Gasteiger charge is -2.11. The molecule has 0 fully saturated rings. The maximum Gasteiger partial charge on any atom is 0.322 e. The summed E-state index contributed by atoms with van der Waals surface area (Å²) in [5.41, 5.74) is 10.9. The van der Waals surface area contributed by atoms with E-state index in [4.69, 9.17) is 21.3 Å². The van der Waals surface area contributed by atoms with Gasteiger partial charge in [-0.15, -0.1) is 0 Å². The van der Waals surface area contributed by atoms with Gasteiger partial charge >= 0.3 is 5.97 Å². The highest BCUT2D eigenvalue weighted by Crippen LogP contribution is 1.98. The van der Waals surface area contributed by atoms with Gasteiger partial charge in [-0.1, -0.05) is 11.9 Å². The number of carbonyl (C=O) groups is 2. The van der Waals surface area contributed by atoms with Gasteiger partial charge in [0.05, 0.1) is 0 Å². The fourth-order valence-electron chi connectivity index (χ4n) is 1.12. The van der Waals surface area contributed by atoms with Crippen LogP contribution in [0.3, 0.4) is 0 Å². The second-order valence-corrected chi connectivity index (χ2v) is 4.42. The number of carbonyl (C=O) groups excluding carboxylic acids is 2. The van der Waals surface area contributed by atoms with Gasteiger partial charge in [0, 0.05) is 18.7 Å². The Bertz CT molecular complexity index is 253. The lowest BCUT2D eigenvalue weighted by Crippen LogP contribution is -2.35. The van der Waals surface area contributed by atoms with Crippen LogP contribution in [0.4, 0.5) is 0 Å². The van der Waals surface area contributed by atoms with E-state index in [2.05, 4.69) is 5.32 Å². The first kappa shape index (κ1) is 17.2. The standard InChI is InChI=1S/C10H22N4O3S/c11-4-1-5-14-9(15)3-2-8(12)10(16)17-6-7-18-13/h8H,1-7,11-13H2,(H,14,15)/t8-/m0/s1. The summed E-state index contributed by atoms with van der Waals surface area (Å²) >= 11 is 1.09. The van der Waals surface area contributed by atoms with Crippen molar-refractivity contribution in [2.45, 2.75) is 25.3 Å². The lowest BCUT2D eigenvalue weighted by molar-refractivity contribution is -0.144. The van der Waals surface area contributed by atoms with Crippen LogP contribution in [0.1, 0.15) is 19.3 Å². The summed E-state index contributed by atoms with van der Waals surface area (Å²) in [6.45, 7) is 1.31. The third-order valence-electron chi connectivity index (χ3n) is 2.13. The van der Waals surface area contributed by atoms with Gasteiger partial charge in [-0.2, -0.15) is 0 Å². The Labute approximate surface area is 111 Å². The molecule has 18 heavy (non-hydrogen) atoms. The van der Waals surface area contributed by atoms with Gasteiger partial charge in [0.25, 0.3) is 0 Å². The summed E-state index contributed by atoms with van der Waals surface area (Å²) in [5.74, 6) is -0.110. The molecule has 0 aromatic rings. The monoisotopic (exact) mass is 278 g/mol. The van der Waals surface area contributed by atoms with Crippen LogP contribution in [0.15, 0.2) is 0 Å². The molecule has 0 aliphatic heterocycles. The summed E-state index contributed by atoms with van der Waals surface area (Å²) < 4.78 is 4.86. The summed E-state index contributed by atoms with van der Waals surface area (Å²) in [7, 11) is 0. The molecule has 0 unspecified atom stereocenters. The molecule has 0 aromatic heterocycles. The van der Waals surface area contributed by atoms with E-state index in [1.54, 1.807) is 0 Å². The van der Waals surface area contributed by atoms with Gasteiger partial charge in [-0.25, -0.2) is 0 Å². The first-order valence-electron chi connectivity index (χ1n) is 5.82. The van der Waals surface area contributed by atoms with Crippen LogP contribution in [-0.4, -0.2) is 43.4 Å². The summed E-state index contributed by atoms with van der Waals surface area (Å²) in [5, 5.41) is 7.86. The minimum absolute atomic E-state index is 0.135. The summed E-state index contributed by atoms with van der Waals surface area (Å²) in [4.78, 5) is 22.7. The predicted molar refractivity (Wildman–Crippen MR) is 71.5 cm³/mol. The fourth-order valence-corrected chi connectivity index (χ4v) is 1.30. The van der Waals surface area contributed by atoms with Crippen molar-refractivity contribution < 1.29 is 14.3 Å². The topological polar surface area (TPSA) is 133 Å². The second-order valence-electron chi connectivity index (χ2n) is 3.68. The number of nitrogens with one attached hydrogen (secondary N) is 1. The van der Waals surface area contributed by atoms with E-state index in [9.17, 15) is 9.59 Å². The van der Waals surface area contributed by atoms with Gasteiger partial charge in [-0.05, 0) is 19.4 Å². The maximum atomic E-state index is 11.3. The number of amides is 1. The van der Waals surface area contributed by atoms with Crippen LogP contribution in [0.25, 0.3) is 0 Å². The zero-order valence-electron chi connectivity index (χ0n) is 10.4. The Hall–Kier alpha value is -0.830. The molecule has 0 saturated heterocycles.